The Morgan fingerprint density at radius 2 is 2.36 bits per heavy atom. The number of nitrogens with one attached hydrogen (secondary N) is 2. The van der Waals surface area contributed by atoms with Gasteiger partial charge in [-0.05, 0) is 13.0 Å². The van der Waals surface area contributed by atoms with Crippen molar-refractivity contribution in [2.75, 3.05) is 18.0 Å². The van der Waals surface area contributed by atoms with Gasteiger partial charge < -0.3 is 11.1 Å². The number of H-pyrrole nitrogens is 1. The Labute approximate surface area is 88.3 Å². The van der Waals surface area contributed by atoms with Crippen LogP contribution in [-0.4, -0.2) is 33.5 Å². The van der Waals surface area contributed by atoms with E-state index < -0.39 is 0 Å². The Bertz CT molecular complexity index is 260. The van der Waals surface area contributed by atoms with Crippen LogP contribution in [0.4, 0.5) is 5.95 Å². The number of hydrogen-bond donors (Lipinski definition) is 3. The highest BCUT2D eigenvalue weighted by molar-refractivity contribution is 7.99. The molecule has 0 fully saturated rings. The fourth-order valence-electron chi connectivity index (χ4n) is 0.949. The van der Waals surface area contributed by atoms with Crippen LogP contribution in [0.1, 0.15) is 20.3 Å². The van der Waals surface area contributed by atoms with Crippen LogP contribution in [0.2, 0.25) is 0 Å². The number of aromatic amines is 1. The Morgan fingerprint density at radius 1 is 1.57 bits per heavy atom. The van der Waals surface area contributed by atoms with E-state index in [-0.39, 0.29) is 0 Å². The van der Waals surface area contributed by atoms with E-state index in [1.165, 1.54) is 0 Å². The average Bonchev–Trinajstić information content (AvgIpc) is 2.50. The molecule has 0 saturated heterocycles. The highest BCUT2D eigenvalue weighted by Crippen LogP contribution is 2.13. The number of hydrogen-bond acceptors (Lipinski definition) is 5. The third-order valence-corrected chi connectivity index (χ3v) is 2.52. The van der Waals surface area contributed by atoms with E-state index in [2.05, 4.69) is 34.3 Å². The summed E-state index contributed by atoms with van der Waals surface area (Å²) in [6.07, 6.45) is 1.11. The van der Waals surface area contributed by atoms with Gasteiger partial charge in [0, 0.05) is 11.8 Å². The fourth-order valence-corrected chi connectivity index (χ4v) is 1.69. The summed E-state index contributed by atoms with van der Waals surface area (Å²) in [4.78, 5) is 4.00. The summed E-state index contributed by atoms with van der Waals surface area (Å²) in [5, 5.41) is 10.6. The molecule has 14 heavy (non-hydrogen) atoms. The van der Waals surface area contributed by atoms with Gasteiger partial charge in [-0.3, -0.25) is 0 Å². The second-order valence-corrected chi connectivity index (χ2v) is 4.38. The quantitative estimate of drug-likeness (QED) is 0.484. The minimum absolute atomic E-state index is 0.382. The first-order chi connectivity index (χ1) is 6.68. The van der Waals surface area contributed by atoms with Crippen LogP contribution in [-0.2, 0) is 0 Å². The maximum atomic E-state index is 5.39. The molecule has 5 nitrogen and oxygen atoms in total. The smallest absolute Gasteiger partial charge is 0.216 e. The van der Waals surface area contributed by atoms with E-state index >= 15 is 0 Å². The molecule has 0 amide bonds. The van der Waals surface area contributed by atoms with Crippen LogP contribution >= 0.6 is 11.8 Å². The van der Waals surface area contributed by atoms with Gasteiger partial charge in [0.25, 0.3) is 0 Å². The SMILES string of the molecule is CC(C)NCCCSc1n[nH]c(N)n1. The maximum absolute atomic E-state index is 5.39. The third kappa shape index (κ3) is 4.48. The molecule has 1 heterocycles. The molecule has 80 valence electrons. The van der Waals surface area contributed by atoms with Gasteiger partial charge in [-0.2, -0.15) is 4.98 Å². The number of nitrogens with two attached hydrogens (primary N) is 1. The molecule has 1 aromatic rings. The van der Waals surface area contributed by atoms with Gasteiger partial charge in [0.15, 0.2) is 0 Å². The first-order valence-electron chi connectivity index (χ1n) is 4.72. The van der Waals surface area contributed by atoms with Gasteiger partial charge in [0.2, 0.25) is 11.1 Å². The Kier molecular flexibility index (Phi) is 4.75. The minimum atomic E-state index is 0.382. The van der Waals surface area contributed by atoms with Crippen molar-refractivity contribution < 1.29 is 0 Å². The molecule has 6 heteroatoms. The van der Waals surface area contributed by atoms with E-state index in [9.17, 15) is 0 Å². The monoisotopic (exact) mass is 215 g/mol. The molecule has 0 aliphatic heterocycles. The average molecular weight is 215 g/mol. The molecule has 1 aromatic heterocycles. The largest absolute Gasteiger partial charge is 0.368 e. The van der Waals surface area contributed by atoms with Crippen LogP contribution in [0.25, 0.3) is 0 Å². The number of nitrogen functional groups attached to an aromatic ring is 1. The summed E-state index contributed by atoms with van der Waals surface area (Å²) in [5.74, 6) is 1.39. The number of anilines is 1. The normalized spacial score (nSPS) is 11.1. The van der Waals surface area contributed by atoms with Crippen molar-refractivity contribution >= 4 is 17.7 Å². The molecule has 4 N–H and O–H groups in total. The van der Waals surface area contributed by atoms with Crippen molar-refractivity contribution in [1.29, 1.82) is 0 Å². The second kappa shape index (κ2) is 5.87. The van der Waals surface area contributed by atoms with Crippen molar-refractivity contribution in [1.82, 2.24) is 20.5 Å². The summed E-state index contributed by atoms with van der Waals surface area (Å²) in [5.41, 5.74) is 5.39. The molecule has 0 saturated carbocycles. The van der Waals surface area contributed by atoms with Gasteiger partial charge in [-0.25, -0.2) is 5.10 Å². The summed E-state index contributed by atoms with van der Waals surface area (Å²) < 4.78 is 0. The van der Waals surface area contributed by atoms with Gasteiger partial charge in [0.1, 0.15) is 0 Å². The number of nitrogens with zero attached hydrogens (tertiary/aromatic N) is 2. The zero-order chi connectivity index (χ0) is 10.4. The van der Waals surface area contributed by atoms with E-state index in [1.807, 2.05) is 0 Å². The van der Waals surface area contributed by atoms with E-state index in [0.29, 0.717) is 12.0 Å². The molecule has 1 rings (SSSR count). The van der Waals surface area contributed by atoms with Crippen molar-refractivity contribution in [3.05, 3.63) is 0 Å². The van der Waals surface area contributed by atoms with Crippen molar-refractivity contribution in [3.8, 4) is 0 Å². The van der Waals surface area contributed by atoms with Crippen LogP contribution < -0.4 is 11.1 Å². The summed E-state index contributed by atoms with van der Waals surface area (Å²) >= 11 is 1.62. The molecule has 0 spiro atoms. The van der Waals surface area contributed by atoms with Gasteiger partial charge in [0.05, 0.1) is 0 Å². The van der Waals surface area contributed by atoms with Crippen molar-refractivity contribution in [2.45, 2.75) is 31.5 Å². The van der Waals surface area contributed by atoms with Crippen molar-refractivity contribution in [3.63, 3.8) is 0 Å². The maximum Gasteiger partial charge on any atom is 0.216 e. The predicted molar refractivity (Wildman–Crippen MR) is 59.3 cm³/mol. The molecular weight excluding hydrogens is 198 g/mol. The third-order valence-electron chi connectivity index (χ3n) is 1.59. The van der Waals surface area contributed by atoms with Crippen molar-refractivity contribution in [2.24, 2.45) is 0 Å². The number of rotatable bonds is 6. The first-order valence-corrected chi connectivity index (χ1v) is 5.71. The lowest BCUT2D eigenvalue weighted by Gasteiger charge is -2.06. The minimum Gasteiger partial charge on any atom is -0.368 e. The topological polar surface area (TPSA) is 79.6 Å². The molecule has 0 aromatic carbocycles. The molecule has 0 aliphatic carbocycles. The molecule has 0 atom stereocenters. The fraction of sp³-hybridized carbons (Fsp3) is 0.750. The molecule has 0 bridgehead atoms. The Morgan fingerprint density at radius 3 is 2.93 bits per heavy atom. The summed E-state index contributed by atoms with van der Waals surface area (Å²) in [6, 6.07) is 0.555. The lowest BCUT2D eigenvalue weighted by atomic mass is 10.4. The predicted octanol–water partition coefficient (Wildman–Crippen LogP) is 0.867. The first kappa shape index (κ1) is 11.3. The molecule has 0 aliphatic rings. The van der Waals surface area contributed by atoms with Crippen LogP contribution in [0, 0.1) is 0 Å². The van der Waals surface area contributed by atoms with Crippen LogP contribution in [0.3, 0.4) is 0 Å². The zero-order valence-electron chi connectivity index (χ0n) is 8.58. The van der Waals surface area contributed by atoms with Crippen LogP contribution in [0.15, 0.2) is 5.16 Å². The lowest BCUT2D eigenvalue weighted by molar-refractivity contribution is 0.585. The summed E-state index contributed by atoms with van der Waals surface area (Å²) in [6.45, 7) is 5.32. The van der Waals surface area contributed by atoms with E-state index in [4.69, 9.17) is 5.73 Å². The Balaban J connectivity index is 2.04. The number of thioether (sulfide) groups is 1. The van der Waals surface area contributed by atoms with Gasteiger partial charge in [-0.1, -0.05) is 25.6 Å². The highest BCUT2D eigenvalue weighted by atomic mass is 32.2. The number of aromatic nitrogens is 3. The standard InChI is InChI=1S/C8H17N5S/c1-6(2)10-4-3-5-14-8-11-7(9)12-13-8/h6,10H,3-5H2,1-2H3,(H3,9,11,12,13). The Hall–Kier alpha value is -0.750. The highest BCUT2D eigenvalue weighted by Gasteiger charge is 2.00. The molecular formula is C8H17N5S. The molecule has 0 radical (unpaired) electrons. The van der Waals surface area contributed by atoms with Gasteiger partial charge in [-0.15, -0.1) is 5.10 Å². The van der Waals surface area contributed by atoms with Gasteiger partial charge >= 0.3 is 0 Å². The lowest BCUT2D eigenvalue weighted by Crippen LogP contribution is -2.23. The van der Waals surface area contributed by atoms with Crippen LogP contribution in [0.5, 0.6) is 0 Å². The van der Waals surface area contributed by atoms with E-state index in [0.717, 1.165) is 23.9 Å². The molecule has 0 unspecified atom stereocenters. The summed E-state index contributed by atoms with van der Waals surface area (Å²) in [7, 11) is 0. The zero-order valence-corrected chi connectivity index (χ0v) is 9.40. The second-order valence-electron chi connectivity index (χ2n) is 3.31. The van der Waals surface area contributed by atoms with E-state index in [1.54, 1.807) is 11.8 Å².